The van der Waals surface area contributed by atoms with Crippen LogP contribution in [0.3, 0.4) is 0 Å². The van der Waals surface area contributed by atoms with Crippen molar-refractivity contribution in [2.24, 2.45) is 5.73 Å². The largest absolute Gasteiger partial charge is 0.326 e. The van der Waals surface area contributed by atoms with Gasteiger partial charge in [0.1, 0.15) is 11.6 Å². The minimum Gasteiger partial charge on any atom is -0.326 e. The van der Waals surface area contributed by atoms with Gasteiger partial charge in [-0.25, -0.2) is 8.78 Å². The summed E-state index contributed by atoms with van der Waals surface area (Å²) in [5.41, 5.74) is 5.81. The number of nitrogens with two attached hydrogens (primary N) is 1. The Bertz CT molecular complexity index is 388. The van der Waals surface area contributed by atoms with Gasteiger partial charge in [0.05, 0.1) is 0 Å². The van der Waals surface area contributed by atoms with Crippen LogP contribution in [0.15, 0.2) is 18.2 Å². The molecule has 0 radical (unpaired) electrons. The molecule has 0 spiro atoms. The summed E-state index contributed by atoms with van der Waals surface area (Å²) in [7, 11) is 0. The van der Waals surface area contributed by atoms with Gasteiger partial charge in [0.15, 0.2) is 0 Å². The molecule has 0 saturated carbocycles. The molecule has 0 aliphatic carbocycles. The average molecular weight is 212 g/mol. The molecule has 1 aliphatic heterocycles. The highest BCUT2D eigenvalue weighted by Crippen LogP contribution is 2.22. The molecule has 1 amide bonds. The maximum atomic E-state index is 12.9. The lowest BCUT2D eigenvalue weighted by atomic mass is 10.3. The van der Waals surface area contributed by atoms with Crippen LogP contribution in [-0.2, 0) is 4.79 Å². The molecule has 15 heavy (non-hydrogen) atoms. The Labute approximate surface area is 85.5 Å². The molecule has 3 nitrogen and oxygen atoms in total. The fourth-order valence-corrected chi connectivity index (χ4v) is 1.68. The van der Waals surface area contributed by atoms with Crippen molar-refractivity contribution in [3.8, 4) is 0 Å². The van der Waals surface area contributed by atoms with Crippen molar-refractivity contribution in [3.63, 3.8) is 0 Å². The summed E-state index contributed by atoms with van der Waals surface area (Å²) in [5, 5.41) is 0. The van der Waals surface area contributed by atoms with Crippen LogP contribution in [0.5, 0.6) is 0 Å². The standard InChI is InChI=1S/C10H10F2N2O/c11-6-1-7(12)3-9(2-6)14-5-8(13)4-10(14)15/h1-3,8H,4-5,13H2. The third kappa shape index (κ3) is 1.97. The normalized spacial score (nSPS) is 21.1. The van der Waals surface area contributed by atoms with Crippen molar-refractivity contribution < 1.29 is 13.6 Å². The zero-order valence-electron chi connectivity index (χ0n) is 7.91. The van der Waals surface area contributed by atoms with E-state index < -0.39 is 11.6 Å². The molecular formula is C10H10F2N2O. The lowest BCUT2D eigenvalue weighted by Crippen LogP contribution is -2.28. The fraction of sp³-hybridized carbons (Fsp3) is 0.300. The van der Waals surface area contributed by atoms with Crippen molar-refractivity contribution in [3.05, 3.63) is 29.8 Å². The molecule has 2 rings (SSSR count). The van der Waals surface area contributed by atoms with Gasteiger partial charge < -0.3 is 10.6 Å². The summed E-state index contributed by atoms with van der Waals surface area (Å²) in [4.78, 5) is 12.7. The number of anilines is 1. The summed E-state index contributed by atoms with van der Waals surface area (Å²) in [6, 6.07) is 2.76. The van der Waals surface area contributed by atoms with Crippen LogP contribution < -0.4 is 10.6 Å². The van der Waals surface area contributed by atoms with E-state index in [4.69, 9.17) is 5.73 Å². The van der Waals surface area contributed by atoms with Crippen LogP contribution >= 0.6 is 0 Å². The molecule has 1 heterocycles. The minimum atomic E-state index is -0.696. The molecule has 1 aliphatic rings. The first-order valence-electron chi connectivity index (χ1n) is 4.58. The van der Waals surface area contributed by atoms with Crippen molar-refractivity contribution in [2.45, 2.75) is 12.5 Å². The molecule has 0 bridgehead atoms. The zero-order chi connectivity index (χ0) is 11.0. The minimum absolute atomic E-state index is 0.201. The van der Waals surface area contributed by atoms with Gasteiger partial charge in [-0.05, 0) is 12.1 Å². The molecule has 0 aromatic heterocycles. The second kappa shape index (κ2) is 3.58. The average Bonchev–Trinajstić information content (AvgIpc) is 2.43. The van der Waals surface area contributed by atoms with Gasteiger partial charge in [0, 0.05) is 30.8 Å². The van der Waals surface area contributed by atoms with Gasteiger partial charge in [-0.15, -0.1) is 0 Å². The number of benzene rings is 1. The van der Waals surface area contributed by atoms with Gasteiger partial charge >= 0.3 is 0 Å². The Hall–Kier alpha value is -1.49. The lowest BCUT2D eigenvalue weighted by molar-refractivity contribution is -0.117. The number of hydrogen-bond donors (Lipinski definition) is 1. The molecule has 1 fully saturated rings. The number of rotatable bonds is 1. The number of nitrogens with zero attached hydrogens (tertiary/aromatic N) is 1. The van der Waals surface area contributed by atoms with Crippen molar-refractivity contribution >= 4 is 11.6 Å². The Morgan fingerprint density at radius 2 is 1.87 bits per heavy atom. The summed E-state index contributed by atoms with van der Waals surface area (Å²) in [6.45, 7) is 0.307. The van der Waals surface area contributed by atoms with Gasteiger partial charge in [0.2, 0.25) is 5.91 Å². The van der Waals surface area contributed by atoms with Gasteiger partial charge in [-0.1, -0.05) is 0 Å². The second-order valence-corrected chi connectivity index (χ2v) is 3.60. The van der Waals surface area contributed by atoms with E-state index in [2.05, 4.69) is 0 Å². The third-order valence-electron chi connectivity index (χ3n) is 2.31. The third-order valence-corrected chi connectivity index (χ3v) is 2.31. The Kier molecular flexibility index (Phi) is 2.40. The summed E-state index contributed by atoms with van der Waals surface area (Å²) in [5.74, 6) is -1.59. The summed E-state index contributed by atoms with van der Waals surface area (Å²) in [6.07, 6.45) is 0.220. The van der Waals surface area contributed by atoms with Crippen LogP contribution in [0.4, 0.5) is 14.5 Å². The fourth-order valence-electron chi connectivity index (χ4n) is 1.68. The van der Waals surface area contributed by atoms with E-state index in [1.54, 1.807) is 0 Å². The maximum Gasteiger partial charge on any atom is 0.228 e. The summed E-state index contributed by atoms with van der Waals surface area (Å²) >= 11 is 0. The number of amides is 1. The van der Waals surface area contributed by atoms with E-state index in [0.29, 0.717) is 6.54 Å². The molecule has 1 atom stereocenters. The van der Waals surface area contributed by atoms with Gasteiger partial charge in [0.25, 0.3) is 0 Å². The Balaban J connectivity index is 2.33. The predicted molar refractivity (Wildman–Crippen MR) is 51.3 cm³/mol. The first kappa shape index (κ1) is 10.0. The highest BCUT2D eigenvalue weighted by atomic mass is 19.1. The lowest BCUT2D eigenvalue weighted by Gasteiger charge is -2.15. The van der Waals surface area contributed by atoms with Crippen LogP contribution in [0, 0.1) is 11.6 Å². The molecular weight excluding hydrogens is 202 g/mol. The van der Waals surface area contributed by atoms with Crippen molar-refractivity contribution in [1.82, 2.24) is 0 Å². The van der Waals surface area contributed by atoms with Crippen LogP contribution in [0.1, 0.15) is 6.42 Å². The van der Waals surface area contributed by atoms with Crippen LogP contribution in [0.25, 0.3) is 0 Å². The van der Waals surface area contributed by atoms with E-state index in [1.807, 2.05) is 0 Å². The van der Waals surface area contributed by atoms with E-state index >= 15 is 0 Å². The van der Waals surface area contributed by atoms with E-state index in [1.165, 1.54) is 4.90 Å². The zero-order valence-corrected chi connectivity index (χ0v) is 7.91. The maximum absolute atomic E-state index is 12.9. The monoisotopic (exact) mass is 212 g/mol. The van der Waals surface area contributed by atoms with Crippen LogP contribution in [-0.4, -0.2) is 18.5 Å². The molecule has 5 heteroatoms. The number of carbonyl (C=O) groups is 1. The van der Waals surface area contributed by atoms with Crippen molar-refractivity contribution in [1.29, 1.82) is 0 Å². The predicted octanol–water partition coefficient (Wildman–Crippen LogP) is 1.03. The first-order chi connectivity index (χ1) is 7.06. The number of carbonyl (C=O) groups excluding carboxylic acids is 1. The molecule has 1 aromatic rings. The molecule has 1 saturated heterocycles. The Morgan fingerprint density at radius 3 is 2.33 bits per heavy atom. The Morgan fingerprint density at radius 1 is 1.27 bits per heavy atom. The van der Waals surface area contributed by atoms with Crippen LogP contribution in [0.2, 0.25) is 0 Å². The van der Waals surface area contributed by atoms with Crippen molar-refractivity contribution in [2.75, 3.05) is 11.4 Å². The quantitative estimate of drug-likeness (QED) is 0.755. The molecule has 2 N–H and O–H groups in total. The number of halogens is 2. The van der Waals surface area contributed by atoms with E-state index in [0.717, 1.165) is 18.2 Å². The molecule has 80 valence electrons. The topological polar surface area (TPSA) is 46.3 Å². The molecule has 1 aromatic carbocycles. The second-order valence-electron chi connectivity index (χ2n) is 3.60. The highest BCUT2D eigenvalue weighted by Gasteiger charge is 2.28. The molecule has 1 unspecified atom stereocenters. The van der Waals surface area contributed by atoms with E-state index in [9.17, 15) is 13.6 Å². The van der Waals surface area contributed by atoms with Gasteiger partial charge in [-0.2, -0.15) is 0 Å². The smallest absolute Gasteiger partial charge is 0.228 e. The van der Waals surface area contributed by atoms with Gasteiger partial charge in [-0.3, -0.25) is 4.79 Å². The van der Waals surface area contributed by atoms with E-state index in [-0.39, 0.29) is 24.1 Å². The highest BCUT2D eigenvalue weighted by molar-refractivity contribution is 5.96. The summed E-state index contributed by atoms with van der Waals surface area (Å²) < 4.78 is 25.8. The number of hydrogen-bond acceptors (Lipinski definition) is 2. The SMILES string of the molecule is NC1CC(=O)N(c2cc(F)cc(F)c2)C1. The first-order valence-corrected chi connectivity index (χ1v) is 4.58.